The van der Waals surface area contributed by atoms with Gasteiger partial charge < -0.3 is 5.32 Å². The van der Waals surface area contributed by atoms with Gasteiger partial charge in [0.1, 0.15) is 12.1 Å². The van der Waals surface area contributed by atoms with E-state index in [1.807, 2.05) is 24.3 Å². The van der Waals surface area contributed by atoms with Crippen molar-refractivity contribution in [1.82, 2.24) is 9.97 Å². The van der Waals surface area contributed by atoms with Gasteiger partial charge in [-0.3, -0.25) is 4.79 Å². The zero-order chi connectivity index (χ0) is 9.97. The quantitative estimate of drug-likeness (QED) is 0.737. The number of aromatic nitrogens is 2. The van der Waals surface area contributed by atoms with Gasteiger partial charge in [0.15, 0.2) is 0 Å². The first-order valence-electron chi connectivity index (χ1n) is 4.25. The van der Waals surface area contributed by atoms with Gasteiger partial charge in [0.2, 0.25) is 5.91 Å². The zero-order valence-electron chi connectivity index (χ0n) is 7.69. The Balaban J connectivity index is 2.59. The molecule has 0 spiro atoms. The second-order valence-electron chi connectivity index (χ2n) is 2.92. The largest absolute Gasteiger partial charge is 0.310 e. The number of carbonyl (C=O) groups is 1. The van der Waals surface area contributed by atoms with Crippen molar-refractivity contribution in [3.05, 3.63) is 30.6 Å². The van der Waals surface area contributed by atoms with Crippen molar-refractivity contribution in [3.63, 3.8) is 0 Å². The molecule has 1 amide bonds. The highest BCUT2D eigenvalue weighted by molar-refractivity contribution is 5.97. The van der Waals surface area contributed by atoms with Gasteiger partial charge in [-0.2, -0.15) is 0 Å². The molecule has 0 fully saturated rings. The number of nitrogens with one attached hydrogen (secondary N) is 1. The van der Waals surface area contributed by atoms with Crippen molar-refractivity contribution in [1.29, 1.82) is 0 Å². The highest BCUT2D eigenvalue weighted by Crippen LogP contribution is 2.17. The standard InChI is InChI=1S/C10H9N3O/c1-7(14)13-10-8-4-2-3-5-9(8)11-6-12-10/h2-6H,1H3,(H,11,12,13,14). The van der Waals surface area contributed by atoms with Crippen LogP contribution in [-0.4, -0.2) is 15.9 Å². The van der Waals surface area contributed by atoms with Gasteiger partial charge in [0, 0.05) is 12.3 Å². The molecule has 2 aromatic rings. The Labute approximate surface area is 81.0 Å². The number of para-hydroxylation sites is 1. The van der Waals surface area contributed by atoms with Gasteiger partial charge >= 0.3 is 0 Å². The molecule has 0 atom stereocenters. The van der Waals surface area contributed by atoms with Gasteiger partial charge in [-0.05, 0) is 12.1 Å². The number of anilines is 1. The minimum absolute atomic E-state index is 0.131. The van der Waals surface area contributed by atoms with Gasteiger partial charge in [0.05, 0.1) is 5.52 Å². The predicted molar refractivity (Wildman–Crippen MR) is 53.8 cm³/mol. The molecule has 70 valence electrons. The van der Waals surface area contributed by atoms with E-state index in [9.17, 15) is 4.79 Å². The van der Waals surface area contributed by atoms with E-state index in [1.165, 1.54) is 13.3 Å². The van der Waals surface area contributed by atoms with Crippen LogP contribution in [0.2, 0.25) is 0 Å². The molecule has 2 rings (SSSR count). The van der Waals surface area contributed by atoms with Crippen LogP contribution in [-0.2, 0) is 4.79 Å². The summed E-state index contributed by atoms with van der Waals surface area (Å²) < 4.78 is 0. The summed E-state index contributed by atoms with van der Waals surface area (Å²) in [6.45, 7) is 1.46. The molecule has 0 aliphatic carbocycles. The molecule has 4 heteroatoms. The van der Waals surface area contributed by atoms with Crippen LogP contribution in [0.25, 0.3) is 10.9 Å². The molecule has 0 aliphatic rings. The third-order valence-electron chi connectivity index (χ3n) is 1.84. The van der Waals surface area contributed by atoms with Crippen molar-refractivity contribution < 1.29 is 4.79 Å². The maximum atomic E-state index is 10.9. The summed E-state index contributed by atoms with van der Waals surface area (Å²) in [6, 6.07) is 7.53. The van der Waals surface area contributed by atoms with E-state index in [1.54, 1.807) is 0 Å². The number of rotatable bonds is 1. The van der Waals surface area contributed by atoms with Crippen LogP contribution >= 0.6 is 0 Å². The maximum Gasteiger partial charge on any atom is 0.222 e. The minimum Gasteiger partial charge on any atom is -0.310 e. The topological polar surface area (TPSA) is 54.9 Å². The first-order chi connectivity index (χ1) is 6.77. The second kappa shape index (κ2) is 3.41. The molecule has 1 aromatic carbocycles. The summed E-state index contributed by atoms with van der Waals surface area (Å²) in [6.07, 6.45) is 1.44. The molecule has 0 unspecified atom stereocenters. The molecular formula is C10H9N3O. The van der Waals surface area contributed by atoms with Gasteiger partial charge in [0.25, 0.3) is 0 Å². The van der Waals surface area contributed by atoms with Gasteiger partial charge in [-0.15, -0.1) is 0 Å². The number of fused-ring (bicyclic) bond motifs is 1. The van der Waals surface area contributed by atoms with E-state index in [2.05, 4.69) is 15.3 Å². The zero-order valence-corrected chi connectivity index (χ0v) is 7.69. The summed E-state index contributed by atoms with van der Waals surface area (Å²) in [7, 11) is 0. The van der Waals surface area contributed by atoms with Crippen molar-refractivity contribution in [3.8, 4) is 0 Å². The van der Waals surface area contributed by atoms with Crippen molar-refractivity contribution in [2.45, 2.75) is 6.92 Å². The number of benzene rings is 1. The van der Waals surface area contributed by atoms with E-state index in [0.717, 1.165) is 10.9 Å². The lowest BCUT2D eigenvalue weighted by Gasteiger charge is -2.03. The average molecular weight is 187 g/mol. The van der Waals surface area contributed by atoms with E-state index < -0.39 is 0 Å². The average Bonchev–Trinajstić information content (AvgIpc) is 2.18. The Bertz CT molecular complexity index is 476. The summed E-state index contributed by atoms with van der Waals surface area (Å²) in [5, 5.41) is 3.51. The molecule has 0 bridgehead atoms. The smallest absolute Gasteiger partial charge is 0.222 e. The fraction of sp³-hybridized carbons (Fsp3) is 0.100. The molecule has 1 N–H and O–H groups in total. The van der Waals surface area contributed by atoms with Crippen LogP contribution < -0.4 is 5.32 Å². The number of hydrogen-bond donors (Lipinski definition) is 1. The van der Waals surface area contributed by atoms with Gasteiger partial charge in [-0.25, -0.2) is 9.97 Å². The lowest BCUT2D eigenvalue weighted by molar-refractivity contribution is -0.114. The molecular weight excluding hydrogens is 178 g/mol. The van der Waals surface area contributed by atoms with Crippen LogP contribution in [0.15, 0.2) is 30.6 Å². The summed E-state index contributed by atoms with van der Waals surface area (Å²) >= 11 is 0. The SMILES string of the molecule is CC(=O)Nc1ncnc2ccccc12. The first-order valence-corrected chi connectivity index (χ1v) is 4.25. The number of hydrogen-bond acceptors (Lipinski definition) is 3. The second-order valence-corrected chi connectivity index (χ2v) is 2.92. The lowest BCUT2D eigenvalue weighted by atomic mass is 10.2. The molecule has 1 heterocycles. The molecule has 0 saturated heterocycles. The number of carbonyl (C=O) groups excluding carboxylic acids is 1. The molecule has 14 heavy (non-hydrogen) atoms. The monoisotopic (exact) mass is 187 g/mol. The van der Waals surface area contributed by atoms with Crippen LogP contribution in [0.1, 0.15) is 6.92 Å². The van der Waals surface area contributed by atoms with E-state index in [4.69, 9.17) is 0 Å². The molecule has 0 saturated carbocycles. The predicted octanol–water partition coefficient (Wildman–Crippen LogP) is 1.59. The Morgan fingerprint density at radius 2 is 2.07 bits per heavy atom. The third-order valence-corrected chi connectivity index (χ3v) is 1.84. The Hall–Kier alpha value is -1.97. The molecule has 4 nitrogen and oxygen atoms in total. The maximum absolute atomic E-state index is 10.9. The first kappa shape index (κ1) is 8.62. The Morgan fingerprint density at radius 3 is 2.86 bits per heavy atom. The molecule has 1 aromatic heterocycles. The Morgan fingerprint density at radius 1 is 1.29 bits per heavy atom. The molecule has 0 radical (unpaired) electrons. The number of nitrogens with zero attached hydrogens (tertiary/aromatic N) is 2. The normalized spacial score (nSPS) is 10.1. The van der Waals surface area contributed by atoms with E-state index >= 15 is 0 Å². The fourth-order valence-corrected chi connectivity index (χ4v) is 1.27. The van der Waals surface area contributed by atoms with Crippen LogP contribution in [0.3, 0.4) is 0 Å². The summed E-state index contributed by atoms with van der Waals surface area (Å²) in [5.74, 6) is 0.428. The van der Waals surface area contributed by atoms with Crippen LogP contribution in [0, 0.1) is 0 Å². The lowest BCUT2D eigenvalue weighted by Crippen LogP contribution is -2.08. The highest BCUT2D eigenvalue weighted by atomic mass is 16.1. The molecule has 0 aliphatic heterocycles. The highest BCUT2D eigenvalue weighted by Gasteiger charge is 2.02. The van der Waals surface area contributed by atoms with Crippen LogP contribution in [0.5, 0.6) is 0 Å². The van der Waals surface area contributed by atoms with Gasteiger partial charge in [-0.1, -0.05) is 12.1 Å². The van der Waals surface area contributed by atoms with Crippen molar-refractivity contribution in [2.24, 2.45) is 0 Å². The van der Waals surface area contributed by atoms with Crippen molar-refractivity contribution in [2.75, 3.05) is 5.32 Å². The Kier molecular flexibility index (Phi) is 2.10. The van der Waals surface area contributed by atoms with Crippen molar-refractivity contribution >= 4 is 22.6 Å². The fourth-order valence-electron chi connectivity index (χ4n) is 1.27. The van der Waals surface area contributed by atoms with Crippen LogP contribution in [0.4, 0.5) is 5.82 Å². The summed E-state index contributed by atoms with van der Waals surface area (Å²) in [4.78, 5) is 19.0. The van der Waals surface area contributed by atoms with E-state index in [0.29, 0.717) is 5.82 Å². The third kappa shape index (κ3) is 1.54. The minimum atomic E-state index is -0.131. The summed E-state index contributed by atoms with van der Waals surface area (Å²) in [5.41, 5.74) is 0.825. The van der Waals surface area contributed by atoms with E-state index in [-0.39, 0.29) is 5.91 Å². The number of amides is 1.